The molecule has 20 heavy (non-hydrogen) atoms. The van der Waals surface area contributed by atoms with Gasteiger partial charge >= 0.3 is 0 Å². The Morgan fingerprint density at radius 1 is 1.20 bits per heavy atom. The van der Waals surface area contributed by atoms with Crippen molar-refractivity contribution in [2.45, 2.75) is 38.8 Å². The van der Waals surface area contributed by atoms with Crippen LogP contribution < -0.4 is 0 Å². The molecule has 108 valence electrons. The van der Waals surface area contributed by atoms with Crippen LogP contribution in [-0.4, -0.2) is 19.9 Å². The third-order valence-corrected chi connectivity index (χ3v) is 3.08. The molecular weight excluding hydrogens is 264 g/mol. The number of aliphatic hydroxyl groups is 1. The Hall–Kier alpha value is -1.82. The highest BCUT2D eigenvalue weighted by atomic mass is 19.3. The first kappa shape index (κ1) is 14.6. The van der Waals surface area contributed by atoms with Gasteiger partial charge in [-0.2, -0.15) is 5.10 Å². The molecule has 0 amide bonds. The topological polar surface area (TPSA) is 50.9 Å². The fraction of sp³-hybridized carbons (Fsp3) is 0.429. The van der Waals surface area contributed by atoms with E-state index in [4.69, 9.17) is 0 Å². The van der Waals surface area contributed by atoms with E-state index in [9.17, 15) is 13.9 Å². The van der Waals surface area contributed by atoms with Crippen LogP contribution >= 0.6 is 0 Å². The summed E-state index contributed by atoms with van der Waals surface area (Å²) in [5.41, 5.74) is 0.551. The lowest BCUT2D eigenvalue weighted by molar-refractivity contribution is 0.150. The summed E-state index contributed by atoms with van der Waals surface area (Å²) in [7, 11) is 0. The van der Waals surface area contributed by atoms with Crippen molar-refractivity contribution in [2.24, 2.45) is 0 Å². The Bertz CT molecular complexity index is 540. The zero-order valence-electron chi connectivity index (χ0n) is 11.2. The largest absolute Gasteiger partial charge is 0.388 e. The molecule has 0 aliphatic heterocycles. The molecule has 0 spiro atoms. The molecule has 0 aliphatic rings. The zero-order valence-corrected chi connectivity index (χ0v) is 11.2. The predicted octanol–water partition coefficient (Wildman–Crippen LogP) is 2.90. The summed E-state index contributed by atoms with van der Waals surface area (Å²) in [6.07, 6.45) is -0.573. The van der Waals surface area contributed by atoms with Gasteiger partial charge in [-0.15, -0.1) is 0 Å². The number of alkyl halides is 2. The van der Waals surface area contributed by atoms with Crippen molar-refractivity contribution in [3.8, 4) is 0 Å². The second-order valence-corrected chi connectivity index (χ2v) is 4.59. The molecule has 0 fully saturated rings. The number of hydrogen-bond acceptors (Lipinski definition) is 3. The summed E-state index contributed by atoms with van der Waals surface area (Å²) in [5, 5.41) is 14.2. The number of aliphatic hydroxyl groups excluding tert-OH is 1. The smallest absolute Gasteiger partial charge is 0.263 e. The van der Waals surface area contributed by atoms with Crippen molar-refractivity contribution in [2.75, 3.05) is 0 Å². The highest BCUT2D eigenvalue weighted by Crippen LogP contribution is 2.22. The van der Waals surface area contributed by atoms with Gasteiger partial charge in [0, 0.05) is 18.5 Å². The van der Waals surface area contributed by atoms with E-state index in [1.54, 1.807) is 4.68 Å². The molecule has 6 heteroatoms. The molecule has 1 aromatic carbocycles. The lowest BCUT2D eigenvalue weighted by Crippen LogP contribution is -2.10. The maximum atomic E-state index is 12.5. The van der Waals surface area contributed by atoms with Crippen LogP contribution in [0.15, 0.2) is 30.6 Å². The van der Waals surface area contributed by atoms with Crippen molar-refractivity contribution in [3.63, 3.8) is 0 Å². The molecule has 1 atom stereocenters. The summed E-state index contributed by atoms with van der Waals surface area (Å²) in [4.78, 5) is 4.12. The summed E-state index contributed by atoms with van der Waals surface area (Å²) >= 11 is 0. The molecule has 2 aromatic rings. The average molecular weight is 281 g/mol. The maximum absolute atomic E-state index is 12.5. The molecule has 2 rings (SSSR count). The number of halogens is 2. The second-order valence-electron chi connectivity index (χ2n) is 4.59. The fourth-order valence-corrected chi connectivity index (χ4v) is 2.00. The normalized spacial score (nSPS) is 12.8. The van der Waals surface area contributed by atoms with E-state index < -0.39 is 12.5 Å². The summed E-state index contributed by atoms with van der Waals surface area (Å²) < 4.78 is 26.7. The molecule has 1 aromatic heterocycles. The van der Waals surface area contributed by atoms with Crippen LogP contribution in [0, 0.1) is 0 Å². The number of hydrogen-bond donors (Lipinski definition) is 1. The Kier molecular flexibility index (Phi) is 4.79. The molecule has 0 saturated heterocycles. The van der Waals surface area contributed by atoms with Crippen molar-refractivity contribution in [1.29, 1.82) is 0 Å². The zero-order chi connectivity index (χ0) is 14.5. The lowest BCUT2D eigenvalue weighted by Gasteiger charge is -2.12. The first-order valence-corrected chi connectivity index (χ1v) is 6.54. The van der Waals surface area contributed by atoms with Crippen molar-refractivity contribution in [3.05, 3.63) is 47.5 Å². The van der Waals surface area contributed by atoms with E-state index in [0.717, 1.165) is 13.0 Å². The monoisotopic (exact) mass is 281 g/mol. The van der Waals surface area contributed by atoms with Crippen molar-refractivity contribution in [1.82, 2.24) is 14.8 Å². The standard InChI is InChI=1S/C14H17F2N3O/c1-2-7-19-13(17-9-18-19)8-12(20)10-3-5-11(6-4-10)14(15)16/h3-6,9,12,14,20H,2,7-8H2,1H3. The van der Waals surface area contributed by atoms with Gasteiger partial charge in [0.25, 0.3) is 6.43 Å². The first-order chi connectivity index (χ1) is 9.61. The molecule has 0 radical (unpaired) electrons. The highest BCUT2D eigenvalue weighted by molar-refractivity contribution is 5.25. The van der Waals surface area contributed by atoms with Crippen molar-refractivity contribution < 1.29 is 13.9 Å². The summed E-state index contributed by atoms with van der Waals surface area (Å²) in [6, 6.07) is 5.71. The minimum Gasteiger partial charge on any atom is -0.388 e. The molecule has 1 N–H and O–H groups in total. The van der Waals surface area contributed by atoms with E-state index in [2.05, 4.69) is 10.1 Å². The van der Waals surface area contributed by atoms with Gasteiger partial charge in [0.2, 0.25) is 0 Å². The SMILES string of the molecule is CCCn1ncnc1CC(O)c1ccc(C(F)F)cc1. The number of aromatic nitrogens is 3. The first-order valence-electron chi connectivity index (χ1n) is 6.54. The molecule has 0 aliphatic carbocycles. The van der Waals surface area contributed by atoms with Crippen LogP contribution in [0.5, 0.6) is 0 Å². The Balaban J connectivity index is 2.07. The molecule has 4 nitrogen and oxygen atoms in total. The third-order valence-electron chi connectivity index (χ3n) is 3.08. The van der Waals surface area contributed by atoms with Crippen LogP contribution in [0.4, 0.5) is 8.78 Å². The number of benzene rings is 1. The van der Waals surface area contributed by atoms with Crippen LogP contribution in [0.25, 0.3) is 0 Å². The Morgan fingerprint density at radius 3 is 2.45 bits per heavy atom. The van der Waals surface area contributed by atoms with Gasteiger partial charge in [-0.05, 0) is 12.0 Å². The van der Waals surface area contributed by atoms with Crippen LogP contribution in [0.1, 0.15) is 42.8 Å². The number of rotatable bonds is 6. The predicted molar refractivity (Wildman–Crippen MR) is 70.4 cm³/mol. The van der Waals surface area contributed by atoms with E-state index in [0.29, 0.717) is 17.8 Å². The van der Waals surface area contributed by atoms with Gasteiger partial charge < -0.3 is 5.11 Å². The van der Waals surface area contributed by atoms with Crippen LogP contribution in [-0.2, 0) is 13.0 Å². The average Bonchev–Trinajstić information content (AvgIpc) is 2.86. The van der Waals surface area contributed by atoms with Gasteiger partial charge in [-0.25, -0.2) is 13.8 Å². The van der Waals surface area contributed by atoms with E-state index >= 15 is 0 Å². The number of aryl methyl sites for hydroxylation is 1. The summed E-state index contributed by atoms with van der Waals surface area (Å²) in [6.45, 7) is 2.78. The van der Waals surface area contributed by atoms with E-state index in [-0.39, 0.29) is 5.56 Å². The van der Waals surface area contributed by atoms with Gasteiger partial charge in [-0.1, -0.05) is 31.2 Å². The molecule has 1 unspecified atom stereocenters. The Labute approximate surface area is 116 Å². The van der Waals surface area contributed by atoms with Crippen LogP contribution in [0.3, 0.4) is 0 Å². The van der Waals surface area contributed by atoms with Gasteiger partial charge in [0.1, 0.15) is 12.2 Å². The fourth-order valence-electron chi connectivity index (χ4n) is 2.00. The van der Waals surface area contributed by atoms with Crippen molar-refractivity contribution >= 4 is 0 Å². The summed E-state index contributed by atoms with van der Waals surface area (Å²) in [5.74, 6) is 0.692. The second kappa shape index (κ2) is 6.56. The lowest BCUT2D eigenvalue weighted by atomic mass is 10.0. The molecular formula is C14H17F2N3O. The minimum atomic E-state index is -2.49. The van der Waals surface area contributed by atoms with Gasteiger partial charge in [-0.3, -0.25) is 4.68 Å². The minimum absolute atomic E-state index is 0.0462. The quantitative estimate of drug-likeness (QED) is 0.885. The highest BCUT2D eigenvalue weighted by Gasteiger charge is 2.14. The number of nitrogens with zero attached hydrogens (tertiary/aromatic N) is 3. The van der Waals surface area contributed by atoms with E-state index in [1.165, 1.54) is 30.6 Å². The van der Waals surface area contributed by atoms with Gasteiger partial charge in [0.15, 0.2) is 0 Å². The maximum Gasteiger partial charge on any atom is 0.263 e. The van der Waals surface area contributed by atoms with E-state index in [1.807, 2.05) is 6.92 Å². The Morgan fingerprint density at radius 2 is 1.85 bits per heavy atom. The molecule has 0 bridgehead atoms. The molecule has 1 heterocycles. The molecule has 0 saturated carbocycles. The van der Waals surface area contributed by atoms with Crippen LogP contribution in [0.2, 0.25) is 0 Å². The third kappa shape index (κ3) is 3.39. The van der Waals surface area contributed by atoms with Gasteiger partial charge in [0.05, 0.1) is 6.10 Å².